The molecule has 1 atom stereocenters. The van der Waals surface area contributed by atoms with Gasteiger partial charge in [0.1, 0.15) is 5.76 Å². The molecule has 1 amide bonds. The molecule has 0 bridgehead atoms. The summed E-state index contributed by atoms with van der Waals surface area (Å²) in [6.07, 6.45) is 0. The first-order chi connectivity index (χ1) is 8.50. The second kappa shape index (κ2) is 5.11. The van der Waals surface area contributed by atoms with Crippen LogP contribution in [0.3, 0.4) is 0 Å². The van der Waals surface area contributed by atoms with Gasteiger partial charge in [0.25, 0.3) is 5.91 Å². The molecule has 1 aliphatic heterocycles. The molecule has 6 nitrogen and oxygen atoms in total. The Morgan fingerprint density at radius 2 is 2.28 bits per heavy atom. The van der Waals surface area contributed by atoms with Crippen molar-refractivity contribution in [3.63, 3.8) is 0 Å². The highest BCUT2D eigenvalue weighted by Gasteiger charge is 2.34. The zero-order chi connectivity index (χ0) is 13.3. The van der Waals surface area contributed by atoms with Gasteiger partial charge in [0.2, 0.25) is 0 Å². The normalized spacial score (nSPS) is 19.9. The molecule has 1 aliphatic rings. The minimum atomic E-state index is -1.07. The second-order valence-corrected chi connectivity index (χ2v) is 4.73. The lowest BCUT2D eigenvalue weighted by Gasteiger charge is -2.32. The molecule has 1 saturated heterocycles. The van der Waals surface area contributed by atoms with Gasteiger partial charge < -0.3 is 19.2 Å². The van der Waals surface area contributed by atoms with Gasteiger partial charge in [-0.25, -0.2) is 4.79 Å². The number of morpholine rings is 1. The van der Waals surface area contributed by atoms with Crippen molar-refractivity contribution in [2.75, 3.05) is 19.8 Å². The number of amides is 1. The van der Waals surface area contributed by atoms with E-state index < -0.39 is 12.0 Å². The average molecular weight is 318 g/mol. The van der Waals surface area contributed by atoms with E-state index in [0.717, 1.165) is 0 Å². The molecule has 0 spiro atoms. The predicted octanol–water partition coefficient (Wildman–Crippen LogP) is 1.28. The first-order valence-electron chi connectivity index (χ1n) is 5.38. The standard InChI is InChI=1S/C11H12BrNO5/c1-6-7(4-9(12)18-6)10(14)13-2-3-17-5-8(13)11(15)16/h4,8H,2-3,5H2,1H3,(H,15,16). The summed E-state index contributed by atoms with van der Waals surface area (Å²) < 4.78 is 10.7. The molecular formula is C11H12BrNO5. The average Bonchev–Trinajstić information content (AvgIpc) is 2.67. The van der Waals surface area contributed by atoms with Crippen molar-refractivity contribution in [2.45, 2.75) is 13.0 Å². The van der Waals surface area contributed by atoms with E-state index in [1.807, 2.05) is 0 Å². The van der Waals surface area contributed by atoms with Crippen molar-refractivity contribution in [2.24, 2.45) is 0 Å². The highest BCUT2D eigenvalue weighted by atomic mass is 79.9. The molecule has 0 saturated carbocycles. The monoisotopic (exact) mass is 317 g/mol. The fraction of sp³-hybridized carbons (Fsp3) is 0.455. The summed E-state index contributed by atoms with van der Waals surface area (Å²) in [5, 5.41) is 9.07. The van der Waals surface area contributed by atoms with Gasteiger partial charge in [0, 0.05) is 12.6 Å². The number of carbonyl (C=O) groups is 2. The van der Waals surface area contributed by atoms with E-state index in [1.54, 1.807) is 13.0 Å². The van der Waals surface area contributed by atoms with Crippen molar-refractivity contribution in [1.82, 2.24) is 4.90 Å². The molecule has 0 radical (unpaired) electrons. The van der Waals surface area contributed by atoms with Gasteiger partial charge in [0.05, 0.1) is 18.8 Å². The van der Waals surface area contributed by atoms with E-state index in [-0.39, 0.29) is 19.1 Å². The number of nitrogens with zero attached hydrogens (tertiary/aromatic N) is 1. The van der Waals surface area contributed by atoms with Crippen LogP contribution >= 0.6 is 15.9 Å². The van der Waals surface area contributed by atoms with E-state index in [2.05, 4.69) is 15.9 Å². The summed E-state index contributed by atoms with van der Waals surface area (Å²) in [5.74, 6) is -0.955. The van der Waals surface area contributed by atoms with Crippen LogP contribution in [-0.2, 0) is 9.53 Å². The van der Waals surface area contributed by atoms with Crippen molar-refractivity contribution in [3.8, 4) is 0 Å². The Bertz CT molecular complexity index is 484. The topological polar surface area (TPSA) is 80.0 Å². The Kier molecular flexibility index (Phi) is 3.72. The van der Waals surface area contributed by atoms with Gasteiger partial charge in [-0.1, -0.05) is 0 Å². The summed E-state index contributed by atoms with van der Waals surface area (Å²) >= 11 is 3.14. The molecule has 2 heterocycles. The van der Waals surface area contributed by atoms with Crippen LogP contribution in [0.5, 0.6) is 0 Å². The Balaban J connectivity index is 2.26. The van der Waals surface area contributed by atoms with Gasteiger partial charge in [-0.05, 0) is 22.9 Å². The molecule has 0 aliphatic carbocycles. The summed E-state index contributed by atoms with van der Waals surface area (Å²) in [6, 6.07) is 0.603. The maximum absolute atomic E-state index is 12.3. The van der Waals surface area contributed by atoms with Crippen LogP contribution in [0.25, 0.3) is 0 Å². The number of rotatable bonds is 2. The number of hydrogen-bond donors (Lipinski definition) is 1. The lowest BCUT2D eigenvalue weighted by Crippen LogP contribution is -2.52. The molecule has 98 valence electrons. The zero-order valence-electron chi connectivity index (χ0n) is 9.68. The number of halogens is 1. The summed E-state index contributed by atoms with van der Waals surface area (Å²) in [6.45, 7) is 2.28. The summed E-state index contributed by atoms with van der Waals surface area (Å²) in [5.41, 5.74) is 0.370. The maximum Gasteiger partial charge on any atom is 0.328 e. The smallest absolute Gasteiger partial charge is 0.328 e. The van der Waals surface area contributed by atoms with Crippen LogP contribution < -0.4 is 0 Å². The number of ether oxygens (including phenoxy) is 1. The quantitative estimate of drug-likeness (QED) is 0.888. The van der Waals surface area contributed by atoms with E-state index in [4.69, 9.17) is 14.3 Å². The molecule has 1 aromatic heterocycles. The third kappa shape index (κ3) is 2.41. The first-order valence-corrected chi connectivity index (χ1v) is 6.17. The van der Waals surface area contributed by atoms with Crippen LogP contribution in [0.1, 0.15) is 16.1 Å². The van der Waals surface area contributed by atoms with E-state index in [1.165, 1.54) is 4.90 Å². The molecule has 1 N–H and O–H groups in total. The molecule has 2 rings (SSSR count). The molecule has 1 aromatic rings. The Hall–Kier alpha value is -1.34. The first kappa shape index (κ1) is 13.1. The summed E-state index contributed by atoms with van der Waals surface area (Å²) in [7, 11) is 0. The number of hydrogen-bond acceptors (Lipinski definition) is 4. The number of carboxylic acids is 1. The van der Waals surface area contributed by atoms with Crippen molar-refractivity contribution in [1.29, 1.82) is 0 Å². The van der Waals surface area contributed by atoms with Gasteiger partial charge in [-0.2, -0.15) is 0 Å². The number of aliphatic carboxylic acids is 1. The van der Waals surface area contributed by atoms with E-state index in [0.29, 0.717) is 22.6 Å². The molecular weight excluding hydrogens is 306 g/mol. The number of aryl methyl sites for hydroxylation is 1. The molecule has 18 heavy (non-hydrogen) atoms. The number of carboxylic acid groups (broad SMARTS) is 1. The fourth-order valence-corrected chi connectivity index (χ4v) is 2.34. The van der Waals surface area contributed by atoms with Crippen LogP contribution in [0.2, 0.25) is 0 Å². The number of furan rings is 1. The Labute approximate surface area is 112 Å². The predicted molar refractivity (Wildman–Crippen MR) is 64.4 cm³/mol. The molecule has 0 aromatic carbocycles. The van der Waals surface area contributed by atoms with Crippen molar-refractivity contribution in [3.05, 3.63) is 22.1 Å². The Morgan fingerprint density at radius 3 is 2.83 bits per heavy atom. The highest BCUT2D eigenvalue weighted by Crippen LogP contribution is 2.22. The Morgan fingerprint density at radius 1 is 1.56 bits per heavy atom. The van der Waals surface area contributed by atoms with Crippen molar-refractivity contribution < 1.29 is 23.8 Å². The lowest BCUT2D eigenvalue weighted by atomic mass is 10.1. The maximum atomic E-state index is 12.3. The third-order valence-corrected chi connectivity index (χ3v) is 3.18. The second-order valence-electron chi connectivity index (χ2n) is 3.95. The van der Waals surface area contributed by atoms with Crippen molar-refractivity contribution >= 4 is 27.8 Å². The van der Waals surface area contributed by atoms with Crippen LogP contribution in [0.15, 0.2) is 15.2 Å². The lowest BCUT2D eigenvalue weighted by molar-refractivity contribution is -0.147. The van der Waals surface area contributed by atoms with Gasteiger partial charge >= 0.3 is 5.97 Å². The van der Waals surface area contributed by atoms with Gasteiger partial charge in [-0.3, -0.25) is 4.79 Å². The van der Waals surface area contributed by atoms with Crippen LogP contribution in [0, 0.1) is 6.92 Å². The van der Waals surface area contributed by atoms with Gasteiger partial charge in [0.15, 0.2) is 10.7 Å². The SMILES string of the molecule is Cc1oc(Br)cc1C(=O)N1CCOCC1C(=O)O. The molecule has 7 heteroatoms. The van der Waals surface area contributed by atoms with Gasteiger partial charge in [-0.15, -0.1) is 0 Å². The van der Waals surface area contributed by atoms with E-state index >= 15 is 0 Å². The van der Waals surface area contributed by atoms with Crippen LogP contribution in [-0.4, -0.2) is 47.7 Å². The van der Waals surface area contributed by atoms with Crippen LogP contribution in [0.4, 0.5) is 0 Å². The fourth-order valence-electron chi connectivity index (χ4n) is 1.86. The molecule has 1 fully saturated rings. The number of carbonyl (C=O) groups excluding carboxylic acids is 1. The third-order valence-electron chi connectivity index (χ3n) is 2.79. The zero-order valence-corrected chi connectivity index (χ0v) is 11.3. The minimum absolute atomic E-state index is 0.0130. The molecule has 1 unspecified atom stereocenters. The minimum Gasteiger partial charge on any atom is -0.480 e. The highest BCUT2D eigenvalue weighted by molar-refractivity contribution is 9.10. The summed E-state index contributed by atoms with van der Waals surface area (Å²) in [4.78, 5) is 24.7. The largest absolute Gasteiger partial charge is 0.480 e. The van der Waals surface area contributed by atoms with E-state index in [9.17, 15) is 9.59 Å².